The van der Waals surface area contributed by atoms with E-state index in [-0.39, 0.29) is 18.1 Å². The Morgan fingerprint density at radius 2 is 1.95 bits per heavy atom. The maximum Gasteiger partial charge on any atom is 0.220 e. The molecule has 0 radical (unpaired) electrons. The third-order valence-corrected chi connectivity index (χ3v) is 4.07. The van der Waals surface area contributed by atoms with E-state index in [1.807, 2.05) is 24.3 Å². The van der Waals surface area contributed by atoms with Crippen LogP contribution in [0.1, 0.15) is 37.7 Å². The number of carbonyl (C=O) groups excluding carboxylic acids is 1. The van der Waals surface area contributed by atoms with E-state index in [0.717, 1.165) is 37.0 Å². The van der Waals surface area contributed by atoms with Gasteiger partial charge >= 0.3 is 0 Å². The molecule has 0 aromatic heterocycles. The monoisotopic (exact) mass is 277 g/mol. The number of aryl methyl sites for hydroxylation is 1. The predicted molar refractivity (Wildman–Crippen MR) is 77.7 cm³/mol. The standard InChI is InChI=1S/C16H23NO3/c1-20-14-7-4-13(5-8-14)6-9-15(19)17-16(12-18)10-2-3-11-16/h4-5,7-8,18H,2-3,6,9-12H2,1H3,(H,17,19). The first-order valence-electron chi connectivity index (χ1n) is 7.22. The second kappa shape index (κ2) is 6.75. The van der Waals surface area contributed by atoms with Gasteiger partial charge in [0.15, 0.2) is 0 Å². The van der Waals surface area contributed by atoms with Crippen molar-refractivity contribution < 1.29 is 14.6 Å². The fraction of sp³-hybridized carbons (Fsp3) is 0.562. The van der Waals surface area contributed by atoms with E-state index in [1.165, 1.54) is 0 Å². The number of ether oxygens (including phenoxy) is 1. The van der Waals surface area contributed by atoms with Gasteiger partial charge in [-0.25, -0.2) is 0 Å². The number of aliphatic hydroxyl groups is 1. The van der Waals surface area contributed by atoms with E-state index in [1.54, 1.807) is 7.11 Å². The Bertz CT molecular complexity index is 436. The first kappa shape index (κ1) is 14.9. The van der Waals surface area contributed by atoms with Gasteiger partial charge in [0.2, 0.25) is 5.91 Å². The molecule has 1 aliphatic rings. The van der Waals surface area contributed by atoms with E-state index >= 15 is 0 Å². The highest BCUT2D eigenvalue weighted by molar-refractivity contribution is 5.77. The molecule has 4 heteroatoms. The van der Waals surface area contributed by atoms with Gasteiger partial charge in [0, 0.05) is 6.42 Å². The van der Waals surface area contributed by atoms with E-state index in [0.29, 0.717) is 12.8 Å². The summed E-state index contributed by atoms with van der Waals surface area (Å²) in [5, 5.41) is 12.5. The van der Waals surface area contributed by atoms with E-state index < -0.39 is 0 Å². The number of hydrogen-bond donors (Lipinski definition) is 2. The van der Waals surface area contributed by atoms with E-state index in [4.69, 9.17) is 4.74 Å². The van der Waals surface area contributed by atoms with Gasteiger partial charge in [-0.1, -0.05) is 25.0 Å². The molecule has 20 heavy (non-hydrogen) atoms. The zero-order chi connectivity index (χ0) is 14.4. The lowest BCUT2D eigenvalue weighted by molar-refractivity contribution is -0.123. The van der Waals surface area contributed by atoms with Crippen LogP contribution >= 0.6 is 0 Å². The Labute approximate surface area is 120 Å². The zero-order valence-electron chi connectivity index (χ0n) is 12.0. The van der Waals surface area contributed by atoms with Crippen LogP contribution < -0.4 is 10.1 Å². The topological polar surface area (TPSA) is 58.6 Å². The second-order valence-corrected chi connectivity index (χ2v) is 5.54. The summed E-state index contributed by atoms with van der Waals surface area (Å²) in [6.45, 7) is 0.0429. The molecule has 4 nitrogen and oxygen atoms in total. The minimum absolute atomic E-state index is 0.0248. The maximum absolute atomic E-state index is 12.0. The molecule has 0 atom stereocenters. The lowest BCUT2D eigenvalue weighted by Gasteiger charge is -2.28. The molecule has 2 N–H and O–H groups in total. The fourth-order valence-corrected chi connectivity index (χ4v) is 2.78. The Morgan fingerprint density at radius 1 is 1.30 bits per heavy atom. The van der Waals surface area contributed by atoms with Crippen LogP contribution in [0.5, 0.6) is 5.75 Å². The van der Waals surface area contributed by atoms with Gasteiger partial charge in [-0.05, 0) is 37.0 Å². The summed E-state index contributed by atoms with van der Waals surface area (Å²) in [6.07, 6.45) is 5.10. The van der Waals surface area contributed by atoms with Crippen LogP contribution in [0, 0.1) is 0 Å². The molecule has 0 unspecified atom stereocenters. The molecule has 0 aliphatic heterocycles. The highest BCUT2D eigenvalue weighted by Gasteiger charge is 2.34. The average molecular weight is 277 g/mol. The van der Waals surface area contributed by atoms with Crippen molar-refractivity contribution in [3.63, 3.8) is 0 Å². The molecule has 0 saturated heterocycles. The van der Waals surface area contributed by atoms with Crippen molar-refractivity contribution >= 4 is 5.91 Å². The van der Waals surface area contributed by atoms with Gasteiger partial charge in [0.25, 0.3) is 0 Å². The molecule has 1 amide bonds. The zero-order valence-corrected chi connectivity index (χ0v) is 12.0. The molecule has 0 heterocycles. The molecular weight excluding hydrogens is 254 g/mol. The molecule has 1 aromatic rings. The molecule has 0 bridgehead atoms. The molecule has 1 saturated carbocycles. The molecule has 2 rings (SSSR count). The number of hydrogen-bond acceptors (Lipinski definition) is 3. The Morgan fingerprint density at radius 3 is 2.50 bits per heavy atom. The minimum Gasteiger partial charge on any atom is -0.497 e. The highest BCUT2D eigenvalue weighted by atomic mass is 16.5. The number of aliphatic hydroxyl groups excluding tert-OH is 1. The van der Waals surface area contributed by atoms with E-state index in [9.17, 15) is 9.90 Å². The molecule has 0 spiro atoms. The predicted octanol–water partition coefficient (Wildman–Crippen LogP) is 2.05. The normalized spacial score (nSPS) is 16.9. The number of benzene rings is 1. The summed E-state index contributed by atoms with van der Waals surface area (Å²) in [5.74, 6) is 0.847. The van der Waals surface area contributed by atoms with Crippen molar-refractivity contribution in [1.82, 2.24) is 5.32 Å². The third kappa shape index (κ3) is 3.73. The van der Waals surface area contributed by atoms with Crippen LogP contribution in [0.15, 0.2) is 24.3 Å². The number of carbonyl (C=O) groups is 1. The quantitative estimate of drug-likeness (QED) is 0.836. The van der Waals surface area contributed by atoms with Crippen molar-refractivity contribution in [1.29, 1.82) is 0 Å². The van der Waals surface area contributed by atoms with Crippen LogP contribution in [-0.4, -0.2) is 30.3 Å². The van der Waals surface area contributed by atoms with Crippen molar-refractivity contribution in [2.24, 2.45) is 0 Å². The Hall–Kier alpha value is -1.55. The average Bonchev–Trinajstić information content (AvgIpc) is 2.95. The summed E-state index contributed by atoms with van der Waals surface area (Å²) in [6, 6.07) is 7.76. The number of methoxy groups -OCH3 is 1. The minimum atomic E-state index is -0.364. The largest absolute Gasteiger partial charge is 0.497 e. The fourth-order valence-electron chi connectivity index (χ4n) is 2.78. The van der Waals surface area contributed by atoms with Crippen LogP contribution in [0.4, 0.5) is 0 Å². The third-order valence-electron chi connectivity index (χ3n) is 4.07. The summed E-state index contributed by atoms with van der Waals surface area (Å²) in [4.78, 5) is 12.0. The van der Waals surface area contributed by atoms with Crippen molar-refractivity contribution in [2.45, 2.75) is 44.1 Å². The highest BCUT2D eigenvalue weighted by Crippen LogP contribution is 2.29. The summed E-state index contributed by atoms with van der Waals surface area (Å²) in [5.41, 5.74) is 0.752. The lowest BCUT2D eigenvalue weighted by Crippen LogP contribution is -2.49. The number of amides is 1. The lowest BCUT2D eigenvalue weighted by atomic mass is 9.98. The Kier molecular flexibility index (Phi) is 5.01. The van der Waals surface area contributed by atoms with Gasteiger partial charge in [-0.15, -0.1) is 0 Å². The van der Waals surface area contributed by atoms with E-state index in [2.05, 4.69) is 5.32 Å². The first-order chi connectivity index (χ1) is 9.67. The smallest absolute Gasteiger partial charge is 0.220 e. The molecule has 110 valence electrons. The molecule has 1 aromatic carbocycles. The summed E-state index contributed by atoms with van der Waals surface area (Å²) >= 11 is 0. The van der Waals surface area contributed by atoms with Crippen LogP contribution in [0.2, 0.25) is 0 Å². The maximum atomic E-state index is 12.0. The van der Waals surface area contributed by atoms with Gasteiger partial charge in [-0.3, -0.25) is 4.79 Å². The first-order valence-corrected chi connectivity index (χ1v) is 7.22. The molecule has 1 fully saturated rings. The van der Waals surface area contributed by atoms with Crippen LogP contribution in [0.25, 0.3) is 0 Å². The van der Waals surface area contributed by atoms with Gasteiger partial charge < -0.3 is 15.2 Å². The van der Waals surface area contributed by atoms with Gasteiger partial charge in [-0.2, -0.15) is 0 Å². The molecule has 1 aliphatic carbocycles. The van der Waals surface area contributed by atoms with Crippen LogP contribution in [-0.2, 0) is 11.2 Å². The Balaban J connectivity index is 1.82. The van der Waals surface area contributed by atoms with Crippen molar-refractivity contribution in [3.05, 3.63) is 29.8 Å². The number of rotatable bonds is 6. The van der Waals surface area contributed by atoms with Crippen molar-refractivity contribution in [2.75, 3.05) is 13.7 Å². The summed E-state index contributed by atoms with van der Waals surface area (Å²) in [7, 11) is 1.64. The van der Waals surface area contributed by atoms with Crippen molar-refractivity contribution in [3.8, 4) is 5.75 Å². The number of nitrogens with one attached hydrogen (secondary N) is 1. The molecular formula is C16H23NO3. The SMILES string of the molecule is COc1ccc(CCC(=O)NC2(CO)CCCC2)cc1. The van der Waals surface area contributed by atoms with Gasteiger partial charge in [0.05, 0.1) is 19.3 Å². The second-order valence-electron chi connectivity index (χ2n) is 5.54. The van der Waals surface area contributed by atoms with Gasteiger partial charge in [0.1, 0.15) is 5.75 Å². The van der Waals surface area contributed by atoms with Crippen LogP contribution in [0.3, 0.4) is 0 Å². The summed E-state index contributed by atoms with van der Waals surface area (Å²) < 4.78 is 5.10.